The molecule has 1 aliphatic carbocycles. The van der Waals surface area contributed by atoms with Crippen molar-refractivity contribution in [3.63, 3.8) is 0 Å². The molecule has 0 amide bonds. The number of imidazole rings is 1. The molecule has 6 nitrogen and oxygen atoms in total. The van der Waals surface area contributed by atoms with Gasteiger partial charge in [-0.2, -0.15) is 15.6 Å². The van der Waals surface area contributed by atoms with Crippen molar-refractivity contribution < 1.29 is 0 Å². The maximum Gasteiger partial charge on any atom is 0.176 e. The van der Waals surface area contributed by atoms with Crippen LogP contribution in [-0.4, -0.2) is 19.3 Å². The highest BCUT2D eigenvalue weighted by Gasteiger charge is 2.17. The van der Waals surface area contributed by atoms with Gasteiger partial charge in [-0.05, 0) is 18.9 Å². The molecule has 1 fully saturated rings. The standard InChI is InChI=1S/C15H16N6/c16-8-14-15(9-17)20(11-18-14)10-12-6-7-21(19-12)13-4-2-1-3-5-13/h6-7,11,13H,1-5,10H2. The monoisotopic (exact) mass is 280 g/mol. The molecule has 0 aliphatic heterocycles. The molecule has 0 aromatic carbocycles. The Morgan fingerprint density at radius 1 is 1.19 bits per heavy atom. The lowest BCUT2D eigenvalue weighted by Gasteiger charge is -2.21. The number of hydrogen-bond acceptors (Lipinski definition) is 4. The molecule has 0 radical (unpaired) electrons. The molecule has 0 atom stereocenters. The van der Waals surface area contributed by atoms with Gasteiger partial charge in [0.2, 0.25) is 0 Å². The molecule has 6 heteroatoms. The summed E-state index contributed by atoms with van der Waals surface area (Å²) in [7, 11) is 0. The second-order valence-electron chi connectivity index (χ2n) is 5.37. The van der Waals surface area contributed by atoms with Crippen LogP contribution in [0.5, 0.6) is 0 Å². The summed E-state index contributed by atoms with van der Waals surface area (Å²) in [5.41, 5.74) is 1.35. The minimum absolute atomic E-state index is 0.171. The van der Waals surface area contributed by atoms with E-state index in [2.05, 4.69) is 10.1 Å². The van der Waals surface area contributed by atoms with Gasteiger partial charge in [0.15, 0.2) is 11.4 Å². The first kappa shape index (κ1) is 13.4. The van der Waals surface area contributed by atoms with Gasteiger partial charge in [0.25, 0.3) is 0 Å². The van der Waals surface area contributed by atoms with E-state index in [4.69, 9.17) is 10.5 Å². The Morgan fingerprint density at radius 3 is 2.71 bits per heavy atom. The number of hydrogen-bond donors (Lipinski definition) is 0. The van der Waals surface area contributed by atoms with Gasteiger partial charge in [0.05, 0.1) is 24.6 Å². The van der Waals surface area contributed by atoms with E-state index in [1.807, 2.05) is 29.1 Å². The van der Waals surface area contributed by atoms with Gasteiger partial charge in [-0.1, -0.05) is 19.3 Å². The van der Waals surface area contributed by atoms with E-state index < -0.39 is 0 Å². The molecule has 0 bridgehead atoms. The Bertz CT molecular complexity index is 705. The summed E-state index contributed by atoms with van der Waals surface area (Å²) in [6, 6.07) is 6.43. The van der Waals surface area contributed by atoms with Crippen LogP contribution < -0.4 is 0 Å². The van der Waals surface area contributed by atoms with Gasteiger partial charge in [-0.3, -0.25) is 4.68 Å². The smallest absolute Gasteiger partial charge is 0.176 e. The molecular weight excluding hydrogens is 264 g/mol. The zero-order valence-corrected chi connectivity index (χ0v) is 11.7. The van der Waals surface area contributed by atoms with Crippen LogP contribution in [0.1, 0.15) is 55.2 Å². The van der Waals surface area contributed by atoms with Crippen LogP contribution in [0.15, 0.2) is 18.6 Å². The van der Waals surface area contributed by atoms with E-state index >= 15 is 0 Å². The van der Waals surface area contributed by atoms with Crippen molar-refractivity contribution in [3.8, 4) is 12.1 Å². The molecule has 2 aromatic rings. The predicted octanol–water partition coefficient (Wildman–Crippen LogP) is 2.38. The minimum Gasteiger partial charge on any atom is -0.315 e. The first-order valence-corrected chi connectivity index (χ1v) is 7.21. The number of nitrogens with zero attached hydrogens (tertiary/aromatic N) is 6. The first-order chi connectivity index (χ1) is 10.3. The molecule has 0 N–H and O–H groups in total. The third-order valence-corrected chi connectivity index (χ3v) is 3.99. The first-order valence-electron chi connectivity index (χ1n) is 7.21. The van der Waals surface area contributed by atoms with Gasteiger partial charge >= 0.3 is 0 Å². The Hall–Kier alpha value is -2.60. The molecule has 2 aromatic heterocycles. The summed E-state index contributed by atoms with van der Waals surface area (Å²) in [4.78, 5) is 3.94. The van der Waals surface area contributed by atoms with Gasteiger partial charge in [0.1, 0.15) is 12.1 Å². The summed E-state index contributed by atoms with van der Waals surface area (Å²) in [5, 5.41) is 22.6. The van der Waals surface area contributed by atoms with Crippen molar-refractivity contribution in [2.75, 3.05) is 0 Å². The topological polar surface area (TPSA) is 83.2 Å². The molecule has 106 valence electrons. The minimum atomic E-state index is 0.171. The highest BCUT2D eigenvalue weighted by molar-refractivity contribution is 5.36. The lowest BCUT2D eigenvalue weighted by Crippen LogP contribution is -2.14. The fourth-order valence-corrected chi connectivity index (χ4v) is 2.89. The molecule has 1 aliphatic rings. The highest BCUT2D eigenvalue weighted by Crippen LogP contribution is 2.27. The zero-order valence-electron chi connectivity index (χ0n) is 11.7. The van der Waals surface area contributed by atoms with Crippen LogP contribution >= 0.6 is 0 Å². The quantitative estimate of drug-likeness (QED) is 0.864. The van der Waals surface area contributed by atoms with Crippen molar-refractivity contribution in [2.24, 2.45) is 0 Å². The van der Waals surface area contributed by atoms with E-state index in [1.54, 1.807) is 4.57 Å². The van der Waals surface area contributed by atoms with Crippen molar-refractivity contribution in [1.82, 2.24) is 19.3 Å². The number of rotatable bonds is 3. The molecular formula is C15H16N6. The van der Waals surface area contributed by atoms with E-state index in [-0.39, 0.29) is 5.69 Å². The molecule has 21 heavy (non-hydrogen) atoms. The average Bonchev–Trinajstić information content (AvgIpc) is 3.15. The maximum atomic E-state index is 9.12. The summed E-state index contributed by atoms with van der Waals surface area (Å²) in [5.74, 6) is 0. The number of aromatic nitrogens is 4. The normalized spacial score (nSPS) is 15.5. The lowest BCUT2D eigenvalue weighted by molar-refractivity contribution is 0.328. The van der Waals surface area contributed by atoms with Gasteiger partial charge in [0, 0.05) is 6.20 Å². The van der Waals surface area contributed by atoms with Crippen LogP contribution in [0.25, 0.3) is 0 Å². The largest absolute Gasteiger partial charge is 0.315 e. The van der Waals surface area contributed by atoms with Gasteiger partial charge in [-0.25, -0.2) is 4.98 Å². The van der Waals surface area contributed by atoms with Crippen LogP contribution in [0.4, 0.5) is 0 Å². The van der Waals surface area contributed by atoms with Crippen molar-refractivity contribution >= 4 is 0 Å². The van der Waals surface area contributed by atoms with Crippen molar-refractivity contribution in [3.05, 3.63) is 35.7 Å². The van der Waals surface area contributed by atoms with Gasteiger partial charge < -0.3 is 4.57 Å². The highest BCUT2D eigenvalue weighted by atomic mass is 15.3. The van der Waals surface area contributed by atoms with Crippen molar-refractivity contribution in [1.29, 1.82) is 10.5 Å². The average molecular weight is 280 g/mol. The fourth-order valence-electron chi connectivity index (χ4n) is 2.89. The molecule has 1 saturated carbocycles. The summed E-state index contributed by atoms with van der Waals surface area (Å²) in [6.07, 6.45) is 9.78. The van der Waals surface area contributed by atoms with Crippen LogP contribution in [0, 0.1) is 22.7 Å². The van der Waals surface area contributed by atoms with Crippen LogP contribution in [-0.2, 0) is 6.54 Å². The summed E-state index contributed by atoms with van der Waals surface area (Å²) in [6.45, 7) is 0.470. The summed E-state index contributed by atoms with van der Waals surface area (Å²) < 4.78 is 3.72. The summed E-state index contributed by atoms with van der Waals surface area (Å²) >= 11 is 0. The van der Waals surface area contributed by atoms with Crippen LogP contribution in [0.3, 0.4) is 0 Å². The second-order valence-corrected chi connectivity index (χ2v) is 5.37. The Kier molecular flexibility index (Phi) is 3.70. The van der Waals surface area contributed by atoms with E-state index in [9.17, 15) is 0 Å². The Balaban J connectivity index is 1.77. The lowest BCUT2D eigenvalue weighted by atomic mass is 9.96. The molecule has 2 heterocycles. The maximum absolute atomic E-state index is 9.12. The zero-order chi connectivity index (χ0) is 14.7. The molecule has 3 rings (SSSR count). The van der Waals surface area contributed by atoms with Crippen LogP contribution in [0.2, 0.25) is 0 Å². The Labute approximate surface area is 123 Å². The Morgan fingerprint density at radius 2 is 2.00 bits per heavy atom. The predicted molar refractivity (Wildman–Crippen MR) is 75.1 cm³/mol. The molecule has 0 spiro atoms. The SMILES string of the molecule is N#Cc1ncn(Cc2ccn(C3CCCCC3)n2)c1C#N. The van der Waals surface area contributed by atoms with E-state index in [1.165, 1.54) is 38.4 Å². The number of nitriles is 2. The third-order valence-electron chi connectivity index (χ3n) is 3.99. The molecule has 0 unspecified atom stereocenters. The van der Waals surface area contributed by atoms with Crippen molar-refractivity contribution in [2.45, 2.75) is 44.7 Å². The molecule has 0 saturated heterocycles. The third kappa shape index (κ3) is 2.66. The van der Waals surface area contributed by atoms with Gasteiger partial charge in [-0.15, -0.1) is 0 Å². The fraction of sp³-hybridized carbons (Fsp3) is 0.467. The second kappa shape index (κ2) is 5.80. The van der Waals surface area contributed by atoms with E-state index in [0.29, 0.717) is 18.3 Å². The van der Waals surface area contributed by atoms with E-state index in [0.717, 1.165) is 5.69 Å².